The van der Waals surface area contributed by atoms with Gasteiger partial charge in [0.2, 0.25) is 0 Å². The number of rotatable bonds is 1. The lowest BCUT2D eigenvalue weighted by Gasteiger charge is -2.44. The fourth-order valence-corrected chi connectivity index (χ4v) is 4.38. The lowest BCUT2D eigenvalue weighted by molar-refractivity contribution is -0.0403. The van der Waals surface area contributed by atoms with Crippen LogP contribution in [0.1, 0.15) is 47.0 Å². The van der Waals surface area contributed by atoms with E-state index in [1.165, 1.54) is 12.8 Å². The number of aliphatic hydroxyl groups is 1. The summed E-state index contributed by atoms with van der Waals surface area (Å²) in [6.07, 6.45) is 3.58. The van der Waals surface area contributed by atoms with Crippen LogP contribution in [0.4, 0.5) is 0 Å². The summed E-state index contributed by atoms with van der Waals surface area (Å²) in [5, 5.41) is 10.2. The van der Waals surface area contributed by atoms with Crippen LogP contribution in [0.3, 0.4) is 0 Å². The minimum atomic E-state index is -0.0405. The fourth-order valence-electron chi connectivity index (χ4n) is 4.38. The number of aliphatic hydroxyl groups excluding tert-OH is 1. The molecule has 0 amide bonds. The van der Waals surface area contributed by atoms with Gasteiger partial charge in [0.05, 0.1) is 6.10 Å². The second-order valence-electron chi connectivity index (χ2n) is 5.90. The number of hydrogen-bond acceptors (Lipinski definition) is 1. The Bertz CT molecular complexity index is 219. The molecule has 3 atom stereocenters. The first kappa shape index (κ1) is 9.51. The molecule has 1 N–H and O–H groups in total. The molecule has 0 spiro atoms. The molecule has 76 valence electrons. The highest BCUT2D eigenvalue weighted by Crippen LogP contribution is 2.68. The predicted octanol–water partition coefficient (Wildman–Crippen LogP) is 2.83. The normalized spacial score (nSPS) is 47.5. The molecule has 0 radical (unpaired) electrons. The van der Waals surface area contributed by atoms with Crippen molar-refractivity contribution in [3.8, 4) is 0 Å². The molecule has 2 bridgehead atoms. The topological polar surface area (TPSA) is 20.2 Å². The van der Waals surface area contributed by atoms with Gasteiger partial charge in [0.15, 0.2) is 0 Å². The summed E-state index contributed by atoms with van der Waals surface area (Å²) in [6.45, 7) is 9.28. The second-order valence-corrected chi connectivity index (χ2v) is 5.90. The van der Waals surface area contributed by atoms with E-state index in [1.807, 2.05) is 0 Å². The van der Waals surface area contributed by atoms with E-state index in [4.69, 9.17) is 0 Å². The summed E-state index contributed by atoms with van der Waals surface area (Å²) in [4.78, 5) is 0. The van der Waals surface area contributed by atoms with E-state index in [1.54, 1.807) is 0 Å². The Hall–Kier alpha value is -0.0400. The molecular formula is C12H22O. The van der Waals surface area contributed by atoms with Crippen molar-refractivity contribution in [3.63, 3.8) is 0 Å². The van der Waals surface area contributed by atoms with Gasteiger partial charge in [0, 0.05) is 5.41 Å². The minimum Gasteiger partial charge on any atom is -0.393 e. The molecule has 0 aromatic heterocycles. The van der Waals surface area contributed by atoms with Gasteiger partial charge in [0.1, 0.15) is 0 Å². The van der Waals surface area contributed by atoms with Crippen molar-refractivity contribution in [2.75, 3.05) is 0 Å². The van der Waals surface area contributed by atoms with E-state index in [0.717, 1.165) is 12.3 Å². The Morgan fingerprint density at radius 3 is 2.15 bits per heavy atom. The first-order valence-corrected chi connectivity index (χ1v) is 5.61. The van der Waals surface area contributed by atoms with Crippen LogP contribution in [-0.2, 0) is 0 Å². The Morgan fingerprint density at radius 2 is 1.92 bits per heavy atom. The maximum atomic E-state index is 10.2. The van der Waals surface area contributed by atoms with Crippen molar-refractivity contribution in [3.05, 3.63) is 0 Å². The van der Waals surface area contributed by atoms with Gasteiger partial charge in [-0.3, -0.25) is 0 Å². The Morgan fingerprint density at radius 1 is 1.31 bits per heavy atom. The van der Waals surface area contributed by atoms with E-state index < -0.39 is 0 Å². The van der Waals surface area contributed by atoms with Crippen molar-refractivity contribution in [2.24, 2.45) is 22.7 Å². The highest BCUT2D eigenvalue weighted by Gasteiger charge is 2.64. The maximum absolute atomic E-state index is 10.2. The van der Waals surface area contributed by atoms with Crippen molar-refractivity contribution in [1.82, 2.24) is 0 Å². The van der Waals surface area contributed by atoms with Gasteiger partial charge in [-0.2, -0.15) is 0 Å². The Kier molecular flexibility index (Phi) is 1.83. The molecule has 0 saturated heterocycles. The van der Waals surface area contributed by atoms with E-state index in [0.29, 0.717) is 11.3 Å². The third-order valence-electron chi connectivity index (χ3n) is 5.26. The van der Waals surface area contributed by atoms with E-state index in [-0.39, 0.29) is 11.5 Å². The van der Waals surface area contributed by atoms with Crippen LogP contribution in [0.15, 0.2) is 0 Å². The molecule has 0 aromatic rings. The molecule has 0 unspecified atom stereocenters. The van der Waals surface area contributed by atoms with Gasteiger partial charge in [-0.1, -0.05) is 27.7 Å². The standard InChI is InChI=1S/C12H22O/c1-8(2)12-6-5-9(7-10(12)13)11(12,3)4/h8-10,13H,5-7H2,1-4H3/t9-,10-,12-/m0/s1. The van der Waals surface area contributed by atoms with E-state index in [9.17, 15) is 5.11 Å². The zero-order valence-corrected chi connectivity index (χ0v) is 9.30. The summed E-state index contributed by atoms with van der Waals surface area (Å²) in [6, 6.07) is 0. The summed E-state index contributed by atoms with van der Waals surface area (Å²) in [5.74, 6) is 1.38. The Labute approximate surface area is 81.5 Å². The van der Waals surface area contributed by atoms with Crippen LogP contribution in [0, 0.1) is 22.7 Å². The maximum Gasteiger partial charge on any atom is 0.0606 e. The molecular weight excluding hydrogens is 160 g/mol. The summed E-state index contributed by atoms with van der Waals surface area (Å²) in [5.41, 5.74) is 0.582. The van der Waals surface area contributed by atoms with Crippen molar-refractivity contribution >= 4 is 0 Å². The molecule has 1 heteroatoms. The Balaban J connectivity index is 2.43. The SMILES string of the molecule is CC(C)[C@@]12CC[C@@H](C[C@@H]1O)C2(C)C. The van der Waals surface area contributed by atoms with Gasteiger partial charge in [-0.05, 0) is 36.5 Å². The fraction of sp³-hybridized carbons (Fsp3) is 1.00. The lowest BCUT2D eigenvalue weighted by Crippen LogP contribution is -2.43. The summed E-state index contributed by atoms with van der Waals surface area (Å²) in [7, 11) is 0. The molecule has 2 saturated carbocycles. The van der Waals surface area contributed by atoms with Crippen LogP contribution in [0.25, 0.3) is 0 Å². The van der Waals surface area contributed by atoms with Crippen molar-refractivity contribution in [1.29, 1.82) is 0 Å². The van der Waals surface area contributed by atoms with Gasteiger partial charge in [-0.15, -0.1) is 0 Å². The zero-order valence-electron chi connectivity index (χ0n) is 9.30. The molecule has 0 aliphatic heterocycles. The number of fused-ring (bicyclic) bond motifs is 2. The van der Waals surface area contributed by atoms with E-state index >= 15 is 0 Å². The van der Waals surface area contributed by atoms with Gasteiger partial charge in [-0.25, -0.2) is 0 Å². The minimum absolute atomic E-state index is 0.0405. The molecule has 2 fully saturated rings. The largest absolute Gasteiger partial charge is 0.393 e. The van der Waals surface area contributed by atoms with Crippen molar-refractivity contribution in [2.45, 2.75) is 53.1 Å². The molecule has 1 nitrogen and oxygen atoms in total. The van der Waals surface area contributed by atoms with Crippen LogP contribution in [-0.4, -0.2) is 11.2 Å². The predicted molar refractivity (Wildman–Crippen MR) is 54.4 cm³/mol. The molecule has 2 aliphatic carbocycles. The zero-order chi connectivity index (χ0) is 9.85. The molecule has 13 heavy (non-hydrogen) atoms. The van der Waals surface area contributed by atoms with Crippen LogP contribution < -0.4 is 0 Å². The van der Waals surface area contributed by atoms with Crippen LogP contribution in [0.2, 0.25) is 0 Å². The monoisotopic (exact) mass is 182 g/mol. The van der Waals surface area contributed by atoms with Gasteiger partial charge >= 0.3 is 0 Å². The molecule has 0 heterocycles. The molecule has 0 aromatic carbocycles. The lowest BCUT2D eigenvalue weighted by atomic mass is 9.62. The quantitative estimate of drug-likeness (QED) is 0.661. The highest BCUT2D eigenvalue weighted by atomic mass is 16.3. The number of hydrogen-bond donors (Lipinski definition) is 1. The van der Waals surface area contributed by atoms with Crippen LogP contribution in [0.5, 0.6) is 0 Å². The van der Waals surface area contributed by atoms with Crippen LogP contribution >= 0.6 is 0 Å². The molecule has 2 aliphatic rings. The molecule has 2 rings (SSSR count). The first-order valence-electron chi connectivity index (χ1n) is 5.61. The van der Waals surface area contributed by atoms with Crippen molar-refractivity contribution < 1.29 is 5.11 Å². The average molecular weight is 182 g/mol. The second kappa shape index (κ2) is 2.50. The van der Waals surface area contributed by atoms with Gasteiger partial charge < -0.3 is 5.11 Å². The third-order valence-corrected chi connectivity index (χ3v) is 5.26. The van der Waals surface area contributed by atoms with E-state index in [2.05, 4.69) is 27.7 Å². The summed E-state index contributed by atoms with van der Waals surface area (Å²) >= 11 is 0. The highest BCUT2D eigenvalue weighted by molar-refractivity contribution is 5.13. The third kappa shape index (κ3) is 0.869. The average Bonchev–Trinajstić information content (AvgIpc) is 2.35. The summed E-state index contributed by atoms with van der Waals surface area (Å²) < 4.78 is 0. The van der Waals surface area contributed by atoms with Gasteiger partial charge in [0.25, 0.3) is 0 Å². The smallest absolute Gasteiger partial charge is 0.0606 e. The first-order chi connectivity index (χ1) is 5.93.